The van der Waals surface area contributed by atoms with Gasteiger partial charge in [0, 0.05) is 29.2 Å². The van der Waals surface area contributed by atoms with Crippen molar-refractivity contribution in [2.24, 2.45) is 0 Å². The van der Waals surface area contributed by atoms with E-state index in [9.17, 15) is 34.2 Å². The van der Waals surface area contributed by atoms with E-state index in [4.69, 9.17) is 4.74 Å². The van der Waals surface area contributed by atoms with Crippen LogP contribution in [0.5, 0.6) is 5.75 Å². The van der Waals surface area contributed by atoms with Gasteiger partial charge in [0.25, 0.3) is 11.8 Å². The van der Waals surface area contributed by atoms with Crippen molar-refractivity contribution >= 4 is 41.1 Å². The van der Waals surface area contributed by atoms with Gasteiger partial charge in [0.2, 0.25) is 0 Å². The maximum atomic E-state index is 12.8. The van der Waals surface area contributed by atoms with Crippen LogP contribution in [0.1, 0.15) is 48.4 Å². The molecule has 0 atom stereocenters. The third kappa shape index (κ3) is 5.62. The van der Waals surface area contributed by atoms with E-state index in [2.05, 4.69) is 10.6 Å². The first-order valence-electron chi connectivity index (χ1n) is 9.72. The molecule has 0 aromatic heterocycles. The first-order valence-corrected chi connectivity index (χ1v) is 9.72. The normalized spacial score (nSPS) is 10.1. The second kappa shape index (κ2) is 10.1. The number of ether oxygens (including phenoxy) is 1. The topological polar surface area (TPSA) is 165 Å². The third-order valence-electron chi connectivity index (χ3n) is 4.48. The maximum absolute atomic E-state index is 12.8. The number of carboxylic acids is 2. The quantitative estimate of drug-likeness (QED) is 0.387. The number of amides is 2. The fourth-order valence-electron chi connectivity index (χ4n) is 3.02. The molecule has 172 valence electrons. The lowest BCUT2D eigenvalue weighted by Crippen LogP contribution is -2.25. The summed E-state index contributed by atoms with van der Waals surface area (Å²) < 4.78 is 5.01. The first kappa shape index (κ1) is 23.7. The van der Waals surface area contributed by atoms with Gasteiger partial charge in [-0.1, -0.05) is 36.4 Å². The van der Waals surface area contributed by atoms with E-state index in [0.29, 0.717) is 0 Å². The Labute approximate surface area is 192 Å². The lowest BCUT2D eigenvalue weighted by Gasteiger charge is -2.14. The van der Waals surface area contributed by atoms with Crippen LogP contribution in [0, 0.1) is 0 Å². The molecular formula is C24H16N2O8-2. The molecule has 3 aromatic carbocycles. The van der Waals surface area contributed by atoms with E-state index in [1.807, 2.05) is 0 Å². The first-order chi connectivity index (χ1) is 16.2. The van der Waals surface area contributed by atoms with E-state index in [-0.39, 0.29) is 39.4 Å². The fourth-order valence-corrected chi connectivity index (χ4v) is 3.02. The Morgan fingerprint density at radius 3 is 1.47 bits per heavy atom. The Balaban J connectivity index is 1.96. The van der Waals surface area contributed by atoms with E-state index >= 15 is 0 Å². The van der Waals surface area contributed by atoms with Gasteiger partial charge in [-0.2, -0.15) is 0 Å². The molecule has 10 heteroatoms. The molecule has 3 rings (SSSR count). The van der Waals surface area contributed by atoms with Gasteiger partial charge in [-0.15, -0.1) is 0 Å². The Morgan fingerprint density at radius 2 is 1.09 bits per heavy atom. The molecule has 0 fully saturated rings. The van der Waals surface area contributed by atoms with Crippen molar-refractivity contribution in [3.63, 3.8) is 0 Å². The molecule has 0 aliphatic heterocycles. The number of carboxylic acid groups (broad SMARTS) is 2. The van der Waals surface area contributed by atoms with Crippen molar-refractivity contribution in [2.75, 3.05) is 10.6 Å². The van der Waals surface area contributed by atoms with E-state index < -0.39 is 29.7 Å². The number of aromatic carboxylic acids is 2. The van der Waals surface area contributed by atoms with Gasteiger partial charge in [0.15, 0.2) is 0 Å². The average molecular weight is 460 g/mol. The molecule has 3 aromatic rings. The Hall–Kier alpha value is -4.99. The largest absolute Gasteiger partial charge is 0.545 e. The molecule has 2 N–H and O–H groups in total. The lowest BCUT2D eigenvalue weighted by molar-refractivity contribution is -0.256. The van der Waals surface area contributed by atoms with Gasteiger partial charge in [0.1, 0.15) is 5.75 Å². The smallest absolute Gasteiger partial charge is 0.308 e. The molecule has 0 unspecified atom stereocenters. The number of esters is 1. The van der Waals surface area contributed by atoms with E-state index in [1.54, 1.807) is 0 Å². The summed E-state index contributed by atoms with van der Waals surface area (Å²) in [5.74, 6) is -5.45. The minimum absolute atomic E-state index is 0.0423. The van der Waals surface area contributed by atoms with Crippen molar-refractivity contribution < 1.29 is 38.9 Å². The average Bonchev–Trinajstić information content (AvgIpc) is 2.78. The summed E-state index contributed by atoms with van der Waals surface area (Å²) in [5.41, 5.74) is -0.873. The van der Waals surface area contributed by atoms with Gasteiger partial charge in [-0.3, -0.25) is 14.4 Å². The Kier molecular flexibility index (Phi) is 7.02. The molecule has 0 aliphatic rings. The predicted molar refractivity (Wildman–Crippen MR) is 115 cm³/mol. The minimum Gasteiger partial charge on any atom is -0.545 e. The van der Waals surface area contributed by atoms with Crippen LogP contribution in [0.4, 0.5) is 11.4 Å². The van der Waals surface area contributed by atoms with Crippen LogP contribution in [0.3, 0.4) is 0 Å². The molecule has 2 amide bonds. The van der Waals surface area contributed by atoms with Crippen molar-refractivity contribution in [3.8, 4) is 5.75 Å². The van der Waals surface area contributed by atoms with Gasteiger partial charge >= 0.3 is 5.97 Å². The highest BCUT2D eigenvalue weighted by Gasteiger charge is 2.17. The van der Waals surface area contributed by atoms with Crippen molar-refractivity contribution in [2.45, 2.75) is 6.92 Å². The SMILES string of the molecule is CC(=O)Oc1cc(C(=O)Nc2ccccc2C(=O)[O-])cc(C(=O)Nc2ccccc2C(=O)[O-])c1. The summed E-state index contributed by atoms with van der Waals surface area (Å²) in [6, 6.07) is 14.6. The number of hydrogen-bond donors (Lipinski definition) is 2. The van der Waals surface area contributed by atoms with Crippen LogP contribution < -0.4 is 25.6 Å². The number of nitrogens with one attached hydrogen (secondary N) is 2. The molecule has 0 spiro atoms. The standard InChI is InChI=1S/C24H18N2O8/c1-13(27)34-16-11-14(21(28)25-19-8-4-2-6-17(19)23(30)31)10-15(12-16)22(29)26-20-9-5-3-7-18(20)24(32)33/h2-12H,1H3,(H,25,28)(H,26,29)(H,30,31)(H,32,33)/p-2. The van der Waals surface area contributed by atoms with Crippen LogP contribution in [0.2, 0.25) is 0 Å². The molecule has 10 nitrogen and oxygen atoms in total. The summed E-state index contributed by atoms with van der Waals surface area (Å²) in [6.45, 7) is 1.12. The van der Waals surface area contributed by atoms with Gasteiger partial charge in [-0.05, 0) is 30.3 Å². The van der Waals surface area contributed by atoms with Crippen LogP contribution in [0.15, 0.2) is 66.7 Å². The predicted octanol–water partition coefficient (Wildman–Crippen LogP) is 0.843. The summed E-state index contributed by atoms with van der Waals surface area (Å²) >= 11 is 0. The lowest BCUT2D eigenvalue weighted by atomic mass is 10.1. The van der Waals surface area contributed by atoms with Crippen LogP contribution >= 0.6 is 0 Å². The number of benzene rings is 3. The zero-order valence-corrected chi connectivity index (χ0v) is 17.6. The van der Waals surface area contributed by atoms with Crippen molar-refractivity contribution in [3.05, 3.63) is 89.0 Å². The summed E-state index contributed by atoms with van der Waals surface area (Å²) in [6.07, 6.45) is 0. The number of rotatable bonds is 7. The zero-order chi connectivity index (χ0) is 24.8. The molecule has 34 heavy (non-hydrogen) atoms. The monoisotopic (exact) mass is 460 g/mol. The Morgan fingerprint density at radius 1 is 0.676 bits per heavy atom. The molecule has 0 saturated heterocycles. The van der Waals surface area contributed by atoms with Gasteiger partial charge in [0.05, 0.1) is 23.3 Å². The van der Waals surface area contributed by atoms with Gasteiger partial charge in [-0.25, -0.2) is 0 Å². The van der Waals surface area contributed by atoms with Gasteiger partial charge < -0.3 is 35.2 Å². The highest BCUT2D eigenvalue weighted by atomic mass is 16.5. The van der Waals surface area contributed by atoms with Crippen molar-refractivity contribution in [1.82, 2.24) is 0 Å². The number of hydrogen-bond acceptors (Lipinski definition) is 8. The molecule has 0 radical (unpaired) electrons. The second-order valence-electron chi connectivity index (χ2n) is 6.91. The molecule has 0 aliphatic carbocycles. The minimum atomic E-state index is -1.50. The highest BCUT2D eigenvalue weighted by Crippen LogP contribution is 2.22. The highest BCUT2D eigenvalue weighted by molar-refractivity contribution is 6.11. The molecule has 0 heterocycles. The molecule has 0 bridgehead atoms. The molecular weight excluding hydrogens is 444 g/mol. The fraction of sp³-hybridized carbons (Fsp3) is 0.0417. The summed E-state index contributed by atoms with van der Waals surface area (Å²) in [5, 5.41) is 27.4. The van der Waals surface area contributed by atoms with Crippen LogP contribution in [-0.2, 0) is 4.79 Å². The second-order valence-corrected chi connectivity index (χ2v) is 6.91. The van der Waals surface area contributed by atoms with Crippen LogP contribution in [-0.4, -0.2) is 29.7 Å². The summed E-state index contributed by atoms with van der Waals surface area (Å²) in [4.78, 5) is 59.6. The maximum Gasteiger partial charge on any atom is 0.308 e. The number of anilines is 2. The van der Waals surface area contributed by atoms with E-state index in [1.165, 1.54) is 66.7 Å². The van der Waals surface area contributed by atoms with Crippen molar-refractivity contribution in [1.29, 1.82) is 0 Å². The third-order valence-corrected chi connectivity index (χ3v) is 4.48. The number of carbonyl (C=O) groups excluding carboxylic acids is 5. The van der Waals surface area contributed by atoms with E-state index in [0.717, 1.165) is 6.92 Å². The number of para-hydroxylation sites is 2. The van der Waals surface area contributed by atoms with Crippen LogP contribution in [0.25, 0.3) is 0 Å². The number of carbonyl (C=O) groups is 5. The molecule has 0 saturated carbocycles. The Bertz CT molecular complexity index is 1230. The zero-order valence-electron chi connectivity index (χ0n) is 17.6. The summed E-state index contributed by atoms with van der Waals surface area (Å²) in [7, 11) is 0.